The Morgan fingerprint density at radius 1 is 1.56 bits per heavy atom. The molecule has 0 saturated heterocycles. The Hall–Kier alpha value is -0.520. The van der Waals surface area contributed by atoms with Gasteiger partial charge in [-0.1, -0.05) is 28.9 Å². The fraction of sp³-hybridized carbons (Fsp3) is 0.462. The van der Waals surface area contributed by atoms with Gasteiger partial charge in [-0.05, 0) is 42.2 Å². The van der Waals surface area contributed by atoms with Crippen molar-refractivity contribution in [3.63, 3.8) is 0 Å². The van der Waals surface area contributed by atoms with Crippen LogP contribution in [0.15, 0.2) is 22.7 Å². The van der Waals surface area contributed by atoms with Crippen molar-refractivity contribution in [2.24, 2.45) is 5.92 Å². The van der Waals surface area contributed by atoms with Crippen LogP contribution in [0.1, 0.15) is 22.8 Å². The molecule has 0 heterocycles. The predicted octanol–water partition coefficient (Wildman–Crippen LogP) is 3.24. The second-order valence-electron chi connectivity index (χ2n) is 4.30. The van der Waals surface area contributed by atoms with Crippen molar-refractivity contribution < 1.29 is 9.90 Å². The van der Waals surface area contributed by atoms with Gasteiger partial charge in [-0.3, -0.25) is 0 Å². The van der Waals surface area contributed by atoms with Crippen molar-refractivity contribution >= 4 is 33.7 Å². The summed E-state index contributed by atoms with van der Waals surface area (Å²) in [6, 6.07) is 5.12. The Labute approximate surface area is 120 Å². The van der Waals surface area contributed by atoms with E-state index in [2.05, 4.69) is 34.4 Å². The number of hydrogen-bond donors (Lipinski definition) is 2. The third-order valence-electron chi connectivity index (χ3n) is 2.56. The van der Waals surface area contributed by atoms with Crippen molar-refractivity contribution in [2.45, 2.75) is 13.5 Å². The van der Waals surface area contributed by atoms with E-state index in [4.69, 9.17) is 5.11 Å². The van der Waals surface area contributed by atoms with E-state index in [1.807, 2.05) is 17.8 Å². The highest BCUT2D eigenvalue weighted by molar-refractivity contribution is 9.10. The van der Waals surface area contributed by atoms with Crippen LogP contribution < -0.4 is 5.32 Å². The highest BCUT2D eigenvalue weighted by atomic mass is 79.9. The molecule has 0 radical (unpaired) electrons. The first-order valence-corrected chi connectivity index (χ1v) is 7.94. The van der Waals surface area contributed by atoms with Crippen molar-refractivity contribution in [1.29, 1.82) is 0 Å². The minimum absolute atomic E-state index is 0.307. The molecule has 0 aromatic heterocycles. The maximum Gasteiger partial charge on any atom is 0.335 e. The van der Waals surface area contributed by atoms with Crippen LogP contribution in [-0.4, -0.2) is 29.6 Å². The maximum atomic E-state index is 10.8. The van der Waals surface area contributed by atoms with Crippen LogP contribution >= 0.6 is 27.7 Å². The van der Waals surface area contributed by atoms with Crippen LogP contribution in [0.4, 0.5) is 0 Å². The van der Waals surface area contributed by atoms with E-state index >= 15 is 0 Å². The Kier molecular flexibility index (Phi) is 6.75. The van der Waals surface area contributed by atoms with Gasteiger partial charge in [0, 0.05) is 11.0 Å². The highest BCUT2D eigenvalue weighted by Crippen LogP contribution is 2.18. The van der Waals surface area contributed by atoms with Gasteiger partial charge >= 0.3 is 5.97 Å². The zero-order valence-electron chi connectivity index (χ0n) is 10.6. The van der Waals surface area contributed by atoms with Crippen molar-refractivity contribution in [3.8, 4) is 0 Å². The van der Waals surface area contributed by atoms with Gasteiger partial charge in [-0.15, -0.1) is 0 Å². The Bertz CT molecular complexity index is 412. The van der Waals surface area contributed by atoms with E-state index in [1.165, 1.54) is 0 Å². The van der Waals surface area contributed by atoms with E-state index in [9.17, 15) is 4.79 Å². The number of thioether (sulfide) groups is 1. The minimum Gasteiger partial charge on any atom is -0.478 e. The smallest absolute Gasteiger partial charge is 0.335 e. The third kappa shape index (κ3) is 5.00. The SMILES string of the molecule is CSCC(C)CNCc1ccc(C(=O)O)cc1Br. The fourth-order valence-electron chi connectivity index (χ4n) is 1.62. The highest BCUT2D eigenvalue weighted by Gasteiger charge is 2.07. The molecule has 0 bridgehead atoms. The van der Waals surface area contributed by atoms with Crippen LogP contribution in [0.2, 0.25) is 0 Å². The van der Waals surface area contributed by atoms with E-state index < -0.39 is 5.97 Å². The standard InChI is InChI=1S/C13H18BrNO2S/c1-9(8-18-2)6-15-7-11-4-3-10(13(16)17)5-12(11)14/h3-5,9,15H,6-8H2,1-2H3,(H,16,17). The van der Waals surface area contributed by atoms with Gasteiger partial charge in [-0.2, -0.15) is 11.8 Å². The van der Waals surface area contributed by atoms with Crippen LogP contribution in [0.25, 0.3) is 0 Å². The quantitative estimate of drug-likeness (QED) is 0.805. The van der Waals surface area contributed by atoms with Crippen molar-refractivity contribution in [2.75, 3.05) is 18.6 Å². The van der Waals surface area contributed by atoms with E-state index in [1.54, 1.807) is 12.1 Å². The summed E-state index contributed by atoms with van der Waals surface area (Å²) in [6.45, 7) is 3.93. The normalized spacial score (nSPS) is 12.4. The Morgan fingerprint density at radius 2 is 2.28 bits per heavy atom. The van der Waals surface area contributed by atoms with Gasteiger partial charge in [0.25, 0.3) is 0 Å². The predicted molar refractivity (Wildman–Crippen MR) is 80.4 cm³/mol. The first-order chi connectivity index (χ1) is 8.54. The molecule has 2 N–H and O–H groups in total. The summed E-state index contributed by atoms with van der Waals surface area (Å²) in [6.07, 6.45) is 2.11. The molecule has 18 heavy (non-hydrogen) atoms. The van der Waals surface area contributed by atoms with Crippen LogP contribution in [-0.2, 0) is 6.54 Å². The molecule has 3 nitrogen and oxygen atoms in total. The summed E-state index contributed by atoms with van der Waals surface area (Å²) in [5, 5.41) is 12.3. The molecule has 1 aromatic rings. The minimum atomic E-state index is -0.899. The molecule has 0 aliphatic rings. The number of hydrogen-bond acceptors (Lipinski definition) is 3. The second kappa shape index (κ2) is 7.81. The van der Waals surface area contributed by atoms with Gasteiger partial charge in [0.15, 0.2) is 0 Å². The summed E-state index contributed by atoms with van der Waals surface area (Å²) in [4.78, 5) is 10.8. The molecule has 100 valence electrons. The fourth-order valence-corrected chi connectivity index (χ4v) is 2.83. The zero-order chi connectivity index (χ0) is 13.5. The summed E-state index contributed by atoms with van der Waals surface area (Å²) in [5.74, 6) is 0.882. The third-order valence-corrected chi connectivity index (χ3v) is 4.20. The summed E-state index contributed by atoms with van der Waals surface area (Å²) in [5.41, 5.74) is 1.39. The molecular formula is C13H18BrNO2S. The molecule has 0 fully saturated rings. The van der Waals surface area contributed by atoms with Gasteiger partial charge in [0.2, 0.25) is 0 Å². The Balaban J connectivity index is 2.50. The molecule has 0 aliphatic carbocycles. The van der Waals surface area contributed by atoms with E-state index in [-0.39, 0.29) is 0 Å². The molecule has 1 rings (SSSR count). The van der Waals surface area contributed by atoms with Gasteiger partial charge in [0.1, 0.15) is 0 Å². The van der Waals surface area contributed by atoms with Gasteiger partial charge in [0.05, 0.1) is 5.56 Å². The molecule has 0 saturated carbocycles. The molecule has 0 aliphatic heterocycles. The average molecular weight is 332 g/mol. The molecular weight excluding hydrogens is 314 g/mol. The van der Waals surface area contributed by atoms with Gasteiger partial charge in [-0.25, -0.2) is 4.79 Å². The summed E-state index contributed by atoms with van der Waals surface area (Å²) in [7, 11) is 0. The number of benzene rings is 1. The number of carboxylic acid groups (broad SMARTS) is 1. The number of aromatic carboxylic acids is 1. The average Bonchev–Trinajstić information content (AvgIpc) is 2.31. The molecule has 0 spiro atoms. The number of halogens is 1. The second-order valence-corrected chi connectivity index (χ2v) is 6.07. The van der Waals surface area contributed by atoms with Gasteiger partial charge < -0.3 is 10.4 Å². The monoisotopic (exact) mass is 331 g/mol. The van der Waals surface area contributed by atoms with E-state index in [0.29, 0.717) is 11.5 Å². The molecule has 1 aromatic carbocycles. The number of carboxylic acids is 1. The largest absolute Gasteiger partial charge is 0.478 e. The number of nitrogens with one attached hydrogen (secondary N) is 1. The molecule has 0 amide bonds. The lowest BCUT2D eigenvalue weighted by Crippen LogP contribution is -2.22. The lowest BCUT2D eigenvalue weighted by Gasteiger charge is -2.12. The van der Waals surface area contributed by atoms with Crippen molar-refractivity contribution in [3.05, 3.63) is 33.8 Å². The Morgan fingerprint density at radius 3 is 2.83 bits per heavy atom. The molecule has 1 atom stereocenters. The van der Waals surface area contributed by atoms with Crippen LogP contribution in [0, 0.1) is 5.92 Å². The van der Waals surface area contributed by atoms with Crippen LogP contribution in [0.3, 0.4) is 0 Å². The zero-order valence-corrected chi connectivity index (χ0v) is 13.0. The maximum absolute atomic E-state index is 10.8. The topological polar surface area (TPSA) is 49.3 Å². The lowest BCUT2D eigenvalue weighted by atomic mass is 10.1. The first-order valence-electron chi connectivity index (χ1n) is 5.76. The lowest BCUT2D eigenvalue weighted by molar-refractivity contribution is 0.0697. The van der Waals surface area contributed by atoms with E-state index in [0.717, 1.165) is 28.9 Å². The first kappa shape index (κ1) is 15.5. The van der Waals surface area contributed by atoms with Crippen LogP contribution in [0.5, 0.6) is 0 Å². The summed E-state index contributed by atoms with van der Waals surface area (Å²) < 4.78 is 0.840. The molecule has 5 heteroatoms. The molecule has 1 unspecified atom stereocenters. The number of carbonyl (C=O) groups is 1. The number of rotatable bonds is 7. The summed E-state index contributed by atoms with van der Waals surface area (Å²) >= 11 is 5.26. The van der Waals surface area contributed by atoms with Crippen molar-refractivity contribution in [1.82, 2.24) is 5.32 Å².